The third kappa shape index (κ3) is 5.70. The summed E-state index contributed by atoms with van der Waals surface area (Å²) < 4.78 is 10.7. The molecule has 0 bridgehead atoms. The van der Waals surface area contributed by atoms with Gasteiger partial charge in [0.15, 0.2) is 0 Å². The highest BCUT2D eigenvalue weighted by Gasteiger charge is 2.06. The van der Waals surface area contributed by atoms with Gasteiger partial charge in [0.2, 0.25) is 0 Å². The van der Waals surface area contributed by atoms with E-state index >= 15 is 0 Å². The number of pyridine rings is 2. The van der Waals surface area contributed by atoms with Crippen LogP contribution in [-0.4, -0.2) is 36.1 Å². The van der Waals surface area contributed by atoms with E-state index in [-0.39, 0.29) is 5.91 Å². The molecule has 0 saturated heterocycles. The lowest BCUT2D eigenvalue weighted by Gasteiger charge is -2.09. The highest BCUT2D eigenvalue weighted by Crippen LogP contribution is 2.16. The second-order valence-corrected chi connectivity index (χ2v) is 5.92. The largest absolute Gasteiger partial charge is 0.497 e. The number of nitrogens with one attached hydrogen (secondary N) is 2. The van der Waals surface area contributed by atoms with Crippen molar-refractivity contribution in [1.29, 1.82) is 0 Å². The number of benzene rings is 1. The summed E-state index contributed by atoms with van der Waals surface area (Å²) in [6.07, 6.45) is 5.04. The number of hydrogen-bond acceptors (Lipinski definition) is 6. The fourth-order valence-electron chi connectivity index (χ4n) is 2.43. The molecule has 0 aliphatic heterocycles. The molecule has 0 atom stereocenters. The second kappa shape index (κ2) is 9.91. The molecule has 7 heteroatoms. The standard InChI is InChI=1S/C21H22N4O3/c1-27-18-3-5-19(6-4-18)28-13-12-23-21(26)17-2-7-20(25-15-17)24-14-16-8-10-22-11-9-16/h2-11,15H,12-14H2,1H3,(H,23,26)(H,24,25). The number of rotatable bonds is 9. The first-order chi connectivity index (χ1) is 13.7. The van der Waals surface area contributed by atoms with E-state index in [0.717, 1.165) is 17.1 Å². The van der Waals surface area contributed by atoms with Crippen molar-refractivity contribution >= 4 is 11.7 Å². The van der Waals surface area contributed by atoms with Crippen molar-refractivity contribution in [2.45, 2.75) is 6.54 Å². The molecule has 3 aromatic rings. The molecule has 28 heavy (non-hydrogen) atoms. The number of anilines is 1. The highest BCUT2D eigenvalue weighted by atomic mass is 16.5. The lowest BCUT2D eigenvalue weighted by Crippen LogP contribution is -2.28. The van der Waals surface area contributed by atoms with Crippen molar-refractivity contribution in [2.75, 3.05) is 25.6 Å². The van der Waals surface area contributed by atoms with E-state index < -0.39 is 0 Å². The molecule has 2 heterocycles. The van der Waals surface area contributed by atoms with Crippen LogP contribution in [0.3, 0.4) is 0 Å². The van der Waals surface area contributed by atoms with E-state index in [9.17, 15) is 4.79 Å². The summed E-state index contributed by atoms with van der Waals surface area (Å²) in [5, 5.41) is 6.02. The van der Waals surface area contributed by atoms with Crippen LogP contribution in [0.1, 0.15) is 15.9 Å². The van der Waals surface area contributed by atoms with Gasteiger partial charge < -0.3 is 20.1 Å². The van der Waals surface area contributed by atoms with Gasteiger partial charge in [-0.05, 0) is 54.1 Å². The first-order valence-corrected chi connectivity index (χ1v) is 8.88. The van der Waals surface area contributed by atoms with Gasteiger partial charge >= 0.3 is 0 Å². The Kier molecular flexibility index (Phi) is 6.78. The van der Waals surface area contributed by atoms with Gasteiger partial charge in [0.1, 0.15) is 23.9 Å². The molecule has 0 saturated carbocycles. The highest BCUT2D eigenvalue weighted by molar-refractivity contribution is 5.94. The fourth-order valence-corrected chi connectivity index (χ4v) is 2.43. The zero-order valence-electron chi connectivity index (χ0n) is 15.6. The minimum atomic E-state index is -0.188. The minimum Gasteiger partial charge on any atom is -0.497 e. The monoisotopic (exact) mass is 378 g/mol. The SMILES string of the molecule is COc1ccc(OCCNC(=O)c2ccc(NCc3ccncc3)nc2)cc1. The predicted molar refractivity (Wildman–Crippen MR) is 107 cm³/mol. The topological polar surface area (TPSA) is 85.4 Å². The quantitative estimate of drug-likeness (QED) is 0.557. The smallest absolute Gasteiger partial charge is 0.252 e. The number of nitrogens with zero attached hydrogens (tertiary/aromatic N) is 2. The van der Waals surface area contributed by atoms with Crippen LogP contribution in [0.5, 0.6) is 11.5 Å². The third-order valence-corrected chi connectivity index (χ3v) is 3.96. The van der Waals surface area contributed by atoms with Crippen molar-refractivity contribution in [3.05, 3.63) is 78.2 Å². The van der Waals surface area contributed by atoms with E-state index in [1.807, 2.05) is 36.4 Å². The third-order valence-electron chi connectivity index (χ3n) is 3.96. The summed E-state index contributed by atoms with van der Waals surface area (Å²) >= 11 is 0. The zero-order valence-corrected chi connectivity index (χ0v) is 15.6. The number of carbonyl (C=O) groups excluding carboxylic acids is 1. The molecule has 0 fully saturated rings. The van der Waals surface area contributed by atoms with Gasteiger partial charge in [-0.1, -0.05) is 0 Å². The number of hydrogen-bond donors (Lipinski definition) is 2. The molecule has 0 radical (unpaired) electrons. The number of aromatic nitrogens is 2. The van der Waals surface area contributed by atoms with Crippen LogP contribution >= 0.6 is 0 Å². The Labute approximate surface area is 163 Å². The molecule has 1 amide bonds. The Hall–Kier alpha value is -3.61. The van der Waals surface area contributed by atoms with Crippen LogP contribution in [0.15, 0.2) is 67.1 Å². The van der Waals surface area contributed by atoms with E-state index in [2.05, 4.69) is 20.6 Å². The summed E-state index contributed by atoms with van der Waals surface area (Å²) in [6, 6.07) is 14.7. The molecular weight excluding hydrogens is 356 g/mol. The Morgan fingerprint density at radius 1 is 1.00 bits per heavy atom. The Balaban J connectivity index is 1.40. The summed E-state index contributed by atoms with van der Waals surface area (Å²) in [5.41, 5.74) is 1.61. The van der Waals surface area contributed by atoms with Crippen molar-refractivity contribution < 1.29 is 14.3 Å². The van der Waals surface area contributed by atoms with Crippen LogP contribution < -0.4 is 20.1 Å². The van der Waals surface area contributed by atoms with Gasteiger partial charge in [-0.2, -0.15) is 0 Å². The molecule has 144 valence electrons. The van der Waals surface area contributed by atoms with Crippen molar-refractivity contribution in [3.8, 4) is 11.5 Å². The maximum Gasteiger partial charge on any atom is 0.252 e. The number of amides is 1. The van der Waals surface area contributed by atoms with Crippen LogP contribution in [0.25, 0.3) is 0 Å². The number of methoxy groups -OCH3 is 1. The van der Waals surface area contributed by atoms with Crippen molar-refractivity contribution in [1.82, 2.24) is 15.3 Å². The van der Waals surface area contributed by atoms with Crippen LogP contribution in [0.2, 0.25) is 0 Å². The van der Waals surface area contributed by atoms with E-state index in [1.54, 1.807) is 37.8 Å². The molecule has 2 aromatic heterocycles. The van der Waals surface area contributed by atoms with Gasteiger partial charge in [0.05, 0.1) is 19.2 Å². The molecule has 7 nitrogen and oxygen atoms in total. The second-order valence-electron chi connectivity index (χ2n) is 5.92. The summed E-state index contributed by atoms with van der Waals surface area (Å²) in [4.78, 5) is 20.4. The molecule has 3 rings (SSSR count). The molecule has 2 N–H and O–H groups in total. The van der Waals surface area contributed by atoms with Gasteiger partial charge in [-0.25, -0.2) is 4.98 Å². The Bertz CT molecular complexity index is 868. The van der Waals surface area contributed by atoms with E-state index in [0.29, 0.717) is 31.1 Å². The minimum absolute atomic E-state index is 0.188. The zero-order chi connectivity index (χ0) is 19.6. The normalized spacial score (nSPS) is 10.2. The lowest BCUT2D eigenvalue weighted by molar-refractivity contribution is 0.0946. The predicted octanol–water partition coefficient (Wildman–Crippen LogP) is 2.91. The first-order valence-electron chi connectivity index (χ1n) is 8.88. The maximum absolute atomic E-state index is 12.2. The maximum atomic E-state index is 12.2. The van der Waals surface area contributed by atoms with Gasteiger partial charge in [0.25, 0.3) is 5.91 Å². The molecule has 0 aliphatic rings. The van der Waals surface area contributed by atoms with Crippen molar-refractivity contribution in [2.24, 2.45) is 0 Å². The summed E-state index contributed by atoms with van der Waals surface area (Å²) in [6.45, 7) is 1.41. The van der Waals surface area contributed by atoms with Crippen LogP contribution in [-0.2, 0) is 6.54 Å². The first kappa shape index (κ1) is 19.2. The number of carbonyl (C=O) groups is 1. The Morgan fingerprint density at radius 2 is 1.75 bits per heavy atom. The average molecular weight is 378 g/mol. The van der Waals surface area contributed by atoms with Crippen LogP contribution in [0.4, 0.5) is 5.82 Å². The van der Waals surface area contributed by atoms with Gasteiger partial charge in [-0.3, -0.25) is 9.78 Å². The van der Waals surface area contributed by atoms with E-state index in [4.69, 9.17) is 9.47 Å². The summed E-state index contributed by atoms with van der Waals surface area (Å²) in [7, 11) is 1.61. The van der Waals surface area contributed by atoms with Gasteiger partial charge in [-0.15, -0.1) is 0 Å². The van der Waals surface area contributed by atoms with Crippen LogP contribution in [0, 0.1) is 0 Å². The van der Waals surface area contributed by atoms with Crippen molar-refractivity contribution in [3.63, 3.8) is 0 Å². The average Bonchev–Trinajstić information content (AvgIpc) is 2.76. The summed E-state index contributed by atoms with van der Waals surface area (Å²) in [5.74, 6) is 2.01. The molecular formula is C21H22N4O3. The number of ether oxygens (including phenoxy) is 2. The lowest BCUT2D eigenvalue weighted by atomic mass is 10.2. The van der Waals surface area contributed by atoms with E-state index in [1.165, 1.54) is 0 Å². The van der Waals surface area contributed by atoms with Gasteiger partial charge in [0, 0.05) is 25.1 Å². The fraction of sp³-hybridized carbons (Fsp3) is 0.190. The molecule has 0 unspecified atom stereocenters. The Morgan fingerprint density at radius 3 is 2.43 bits per heavy atom. The molecule has 0 spiro atoms. The molecule has 1 aromatic carbocycles. The molecule has 0 aliphatic carbocycles.